The van der Waals surface area contributed by atoms with Gasteiger partial charge >= 0.3 is 0 Å². The van der Waals surface area contributed by atoms with Crippen molar-refractivity contribution in [3.63, 3.8) is 0 Å². The number of amides is 1. The van der Waals surface area contributed by atoms with Crippen LogP contribution in [-0.4, -0.2) is 38.7 Å². The normalized spacial score (nSPS) is 15.6. The van der Waals surface area contributed by atoms with Crippen molar-refractivity contribution in [3.05, 3.63) is 34.8 Å². The van der Waals surface area contributed by atoms with E-state index in [0.717, 1.165) is 54.1 Å². The molecule has 29 heavy (non-hydrogen) atoms. The number of halogens is 2. The van der Waals surface area contributed by atoms with Crippen LogP contribution in [-0.2, 0) is 30.7 Å². The molecule has 0 spiro atoms. The molecule has 2 aromatic rings. The van der Waals surface area contributed by atoms with E-state index in [1.807, 2.05) is 35.3 Å². The molecule has 158 valence electrons. The van der Waals surface area contributed by atoms with Crippen LogP contribution in [0.15, 0.2) is 12.3 Å². The number of carbonyl (C=O) groups is 1. The Morgan fingerprint density at radius 1 is 1.24 bits per heavy atom. The SMILES string of the molecule is CC.CCn1nc(N2CCCc3cnc(C(F)F)cc32)c2c1CCN(C(C)=O)C2. The minimum absolute atomic E-state index is 0.0408. The van der Waals surface area contributed by atoms with Crippen LogP contribution in [0.1, 0.15) is 63.1 Å². The number of pyridine rings is 1. The third kappa shape index (κ3) is 3.97. The van der Waals surface area contributed by atoms with Gasteiger partial charge in [-0.15, -0.1) is 0 Å². The van der Waals surface area contributed by atoms with Crippen molar-refractivity contribution in [1.29, 1.82) is 0 Å². The smallest absolute Gasteiger partial charge is 0.280 e. The van der Waals surface area contributed by atoms with Gasteiger partial charge in [0.2, 0.25) is 5.91 Å². The van der Waals surface area contributed by atoms with Crippen molar-refractivity contribution in [2.75, 3.05) is 18.0 Å². The molecule has 0 atom stereocenters. The van der Waals surface area contributed by atoms with E-state index in [9.17, 15) is 13.6 Å². The molecule has 2 aromatic heterocycles. The molecule has 0 fully saturated rings. The van der Waals surface area contributed by atoms with Crippen LogP contribution in [0.25, 0.3) is 0 Å². The zero-order chi connectivity index (χ0) is 21.1. The Hall–Kier alpha value is -2.51. The predicted octanol–water partition coefficient (Wildman–Crippen LogP) is 4.25. The first-order valence-corrected chi connectivity index (χ1v) is 10.4. The maximum atomic E-state index is 13.2. The van der Waals surface area contributed by atoms with Crippen molar-refractivity contribution in [2.24, 2.45) is 0 Å². The summed E-state index contributed by atoms with van der Waals surface area (Å²) in [6, 6.07) is 1.49. The number of nitrogens with zero attached hydrogens (tertiary/aromatic N) is 5. The highest BCUT2D eigenvalue weighted by Gasteiger charge is 2.31. The molecule has 0 radical (unpaired) electrons. The topological polar surface area (TPSA) is 54.3 Å². The van der Waals surface area contributed by atoms with Crippen molar-refractivity contribution in [1.82, 2.24) is 19.7 Å². The van der Waals surface area contributed by atoms with Crippen molar-refractivity contribution < 1.29 is 13.6 Å². The molecule has 0 saturated carbocycles. The van der Waals surface area contributed by atoms with Crippen molar-refractivity contribution in [3.8, 4) is 0 Å². The van der Waals surface area contributed by atoms with Gasteiger partial charge in [0.1, 0.15) is 5.69 Å². The van der Waals surface area contributed by atoms with Gasteiger partial charge in [-0.05, 0) is 31.4 Å². The molecule has 6 nitrogen and oxygen atoms in total. The number of carbonyl (C=O) groups excluding carboxylic acids is 1. The maximum absolute atomic E-state index is 13.2. The summed E-state index contributed by atoms with van der Waals surface area (Å²) < 4.78 is 28.4. The summed E-state index contributed by atoms with van der Waals surface area (Å²) in [6.07, 6.45) is 1.45. The van der Waals surface area contributed by atoms with Gasteiger partial charge in [0.15, 0.2) is 5.82 Å². The number of hydrogen-bond acceptors (Lipinski definition) is 4. The highest BCUT2D eigenvalue weighted by atomic mass is 19.3. The van der Waals surface area contributed by atoms with E-state index in [1.165, 1.54) is 6.07 Å². The van der Waals surface area contributed by atoms with E-state index >= 15 is 0 Å². The second-order valence-corrected chi connectivity index (χ2v) is 7.05. The Morgan fingerprint density at radius 3 is 2.66 bits per heavy atom. The van der Waals surface area contributed by atoms with E-state index in [1.54, 1.807) is 13.1 Å². The first-order chi connectivity index (χ1) is 14.0. The van der Waals surface area contributed by atoms with Crippen LogP contribution in [0.5, 0.6) is 0 Å². The number of aryl methyl sites for hydroxylation is 2. The summed E-state index contributed by atoms with van der Waals surface area (Å²) in [7, 11) is 0. The summed E-state index contributed by atoms with van der Waals surface area (Å²) in [4.78, 5) is 19.6. The fourth-order valence-corrected chi connectivity index (χ4v) is 4.04. The minimum atomic E-state index is -2.60. The zero-order valence-electron chi connectivity index (χ0n) is 17.6. The Balaban J connectivity index is 0.00000117. The van der Waals surface area contributed by atoms with Gasteiger partial charge in [0, 0.05) is 56.1 Å². The van der Waals surface area contributed by atoms with E-state index in [0.29, 0.717) is 19.6 Å². The first-order valence-electron chi connectivity index (χ1n) is 10.4. The number of alkyl halides is 2. The first kappa shape index (κ1) is 21.2. The molecule has 4 heterocycles. The van der Waals surface area contributed by atoms with Crippen LogP contribution in [0.4, 0.5) is 20.3 Å². The Bertz CT molecular complexity index is 880. The molecule has 0 bridgehead atoms. The van der Waals surface area contributed by atoms with Gasteiger partial charge < -0.3 is 9.80 Å². The third-order valence-corrected chi connectivity index (χ3v) is 5.44. The zero-order valence-corrected chi connectivity index (χ0v) is 17.6. The third-order valence-electron chi connectivity index (χ3n) is 5.44. The lowest BCUT2D eigenvalue weighted by atomic mass is 10.0. The number of anilines is 2. The predicted molar refractivity (Wildman–Crippen MR) is 109 cm³/mol. The summed E-state index contributed by atoms with van der Waals surface area (Å²) in [6.45, 7) is 10.3. The molecule has 8 heteroatoms. The summed E-state index contributed by atoms with van der Waals surface area (Å²) in [5.74, 6) is 0.823. The average Bonchev–Trinajstić information content (AvgIpc) is 3.12. The minimum Gasteiger partial charge on any atom is -0.338 e. The molecule has 1 amide bonds. The van der Waals surface area contributed by atoms with Crippen LogP contribution < -0.4 is 4.90 Å². The number of aromatic nitrogens is 3. The van der Waals surface area contributed by atoms with Gasteiger partial charge in [-0.25, -0.2) is 8.78 Å². The Kier molecular flexibility index (Phi) is 6.49. The fraction of sp³-hybridized carbons (Fsp3) is 0.571. The molecule has 0 unspecified atom stereocenters. The van der Waals surface area contributed by atoms with E-state index in [-0.39, 0.29) is 11.6 Å². The lowest BCUT2D eigenvalue weighted by Gasteiger charge is -2.32. The van der Waals surface area contributed by atoms with Gasteiger partial charge in [-0.2, -0.15) is 5.10 Å². The summed E-state index contributed by atoms with van der Waals surface area (Å²) in [5.41, 5.74) is 3.68. The monoisotopic (exact) mass is 405 g/mol. The van der Waals surface area contributed by atoms with Crippen LogP contribution in [0, 0.1) is 0 Å². The second-order valence-electron chi connectivity index (χ2n) is 7.05. The van der Waals surface area contributed by atoms with Gasteiger partial charge in [-0.3, -0.25) is 14.5 Å². The lowest BCUT2D eigenvalue weighted by Crippen LogP contribution is -2.35. The van der Waals surface area contributed by atoms with E-state index in [4.69, 9.17) is 5.10 Å². The highest BCUT2D eigenvalue weighted by Crippen LogP contribution is 2.38. The molecular weight excluding hydrogens is 376 g/mol. The quantitative estimate of drug-likeness (QED) is 0.766. The van der Waals surface area contributed by atoms with Crippen LogP contribution in [0.2, 0.25) is 0 Å². The lowest BCUT2D eigenvalue weighted by molar-refractivity contribution is -0.129. The van der Waals surface area contributed by atoms with Gasteiger partial charge in [0.25, 0.3) is 6.43 Å². The Labute approximate surface area is 170 Å². The molecule has 2 aliphatic heterocycles. The van der Waals surface area contributed by atoms with Crippen LogP contribution >= 0.6 is 0 Å². The average molecular weight is 405 g/mol. The van der Waals surface area contributed by atoms with Gasteiger partial charge in [-0.1, -0.05) is 13.8 Å². The fourth-order valence-electron chi connectivity index (χ4n) is 4.04. The van der Waals surface area contributed by atoms with Crippen molar-refractivity contribution in [2.45, 2.75) is 66.5 Å². The van der Waals surface area contributed by atoms with E-state index in [2.05, 4.69) is 4.98 Å². The summed E-state index contributed by atoms with van der Waals surface area (Å²) >= 11 is 0. The number of hydrogen-bond donors (Lipinski definition) is 0. The number of rotatable bonds is 3. The second kappa shape index (κ2) is 8.88. The van der Waals surface area contributed by atoms with Gasteiger partial charge in [0.05, 0.1) is 6.54 Å². The number of fused-ring (bicyclic) bond motifs is 2. The molecular formula is C21H29F2N5O. The summed E-state index contributed by atoms with van der Waals surface area (Å²) in [5, 5.41) is 4.80. The molecule has 0 N–H and O–H groups in total. The maximum Gasteiger partial charge on any atom is 0.280 e. The molecule has 0 aliphatic carbocycles. The largest absolute Gasteiger partial charge is 0.338 e. The standard InChI is InChI=1S/C19H23F2N5O.C2H6/c1-3-26-16-6-8-24(12(2)27)11-14(16)19(23-26)25-7-4-5-13-10-22-15(18(20)21)9-17(13)25;1-2/h9-10,18H,3-8,11H2,1-2H3;1-2H3. The molecule has 0 saturated heterocycles. The van der Waals surface area contributed by atoms with E-state index < -0.39 is 6.43 Å². The molecule has 2 aliphatic rings. The molecule has 0 aromatic carbocycles. The highest BCUT2D eigenvalue weighted by molar-refractivity contribution is 5.75. The van der Waals surface area contributed by atoms with Crippen LogP contribution in [0.3, 0.4) is 0 Å². The van der Waals surface area contributed by atoms with Crippen molar-refractivity contribution >= 4 is 17.4 Å². The molecule has 4 rings (SSSR count). The Morgan fingerprint density at radius 2 is 2.00 bits per heavy atom.